The Balaban J connectivity index is 1.47. The normalized spacial score (nSPS) is 32.6. The van der Waals surface area contributed by atoms with Gasteiger partial charge in [0.2, 0.25) is 0 Å². The average molecular weight is 309 g/mol. The van der Waals surface area contributed by atoms with E-state index < -0.39 is 5.60 Å². The van der Waals surface area contributed by atoms with Crippen molar-refractivity contribution in [1.29, 1.82) is 0 Å². The number of alkyl carbamates (subject to hydrolysis) is 1. The lowest BCUT2D eigenvalue weighted by Gasteiger charge is -2.45. The van der Waals surface area contributed by atoms with Crippen LogP contribution in [0.4, 0.5) is 4.79 Å². The highest BCUT2D eigenvalue weighted by atomic mass is 16.6. The monoisotopic (exact) mass is 309 g/mol. The van der Waals surface area contributed by atoms with Crippen LogP contribution in [0.15, 0.2) is 0 Å². The summed E-state index contributed by atoms with van der Waals surface area (Å²) in [6, 6.07) is 0.814. The van der Waals surface area contributed by atoms with Crippen molar-refractivity contribution in [2.75, 3.05) is 26.2 Å². The summed E-state index contributed by atoms with van der Waals surface area (Å²) in [5, 5.41) is 6.81. The van der Waals surface area contributed by atoms with Gasteiger partial charge in [-0.3, -0.25) is 0 Å². The zero-order valence-corrected chi connectivity index (χ0v) is 14.2. The molecule has 1 saturated carbocycles. The molecule has 2 atom stereocenters. The van der Waals surface area contributed by atoms with Crippen LogP contribution in [0.3, 0.4) is 0 Å². The second kappa shape index (κ2) is 6.36. The standard InChI is InChI=1S/C17H31N3O2/c1-17(2,3)22-16(21)19-14(12-4-5-12)10-18-15-11-20-8-6-13(15)7-9-20/h12-15,18H,4-11H2,1-3H3,(H,19,21). The van der Waals surface area contributed by atoms with Crippen molar-refractivity contribution in [2.24, 2.45) is 11.8 Å². The Morgan fingerprint density at radius 1 is 1.23 bits per heavy atom. The van der Waals surface area contributed by atoms with E-state index >= 15 is 0 Å². The summed E-state index contributed by atoms with van der Waals surface area (Å²) >= 11 is 0. The summed E-state index contributed by atoms with van der Waals surface area (Å²) in [5.41, 5.74) is -0.429. The summed E-state index contributed by atoms with van der Waals surface area (Å²) in [5.74, 6) is 1.45. The van der Waals surface area contributed by atoms with Gasteiger partial charge < -0.3 is 20.3 Å². The van der Waals surface area contributed by atoms with E-state index in [0.717, 1.165) is 12.5 Å². The molecule has 3 saturated heterocycles. The number of carbonyl (C=O) groups excluding carboxylic acids is 1. The van der Waals surface area contributed by atoms with E-state index in [0.29, 0.717) is 12.0 Å². The van der Waals surface area contributed by atoms with Gasteiger partial charge in [0.25, 0.3) is 0 Å². The topological polar surface area (TPSA) is 53.6 Å². The van der Waals surface area contributed by atoms with Crippen LogP contribution in [0, 0.1) is 11.8 Å². The van der Waals surface area contributed by atoms with Crippen molar-refractivity contribution in [1.82, 2.24) is 15.5 Å². The molecule has 3 heterocycles. The Hall–Kier alpha value is -0.810. The molecule has 4 rings (SSSR count). The van der Waals surface area contributed by atoms with Crippen LogP contribution in [0.5, 0.6) is 0 Å². The van der Waals surface area contributed by atoms with Gasteiger partial charge in [-0.2, -0.15) is 0 Å². The minimum atomic E-state index is -0.429. The van der Waals surface area contributed by atoms with Gasteiger partial charge in [-0.25, -0.2) is 4.79 Å². The molecule has 126 valence electrons. The predicted octanol–water partition coefficient (Wildman–Crippen LogP) is 1.97. The fourth-order valence-electron chi connectivity index (χ4n) is 3.77. The number of fused-ring (bicyclic) bond motifs is 3. The highest BCUT2D eigenvalue weighted by Crippen LogP contribution is 2.33. The molecule has 0 spiro atoms. The number of ether oxygens (including phenoxy) is 1. The van der Waals surface area contributed by atoms with E-state index in [2.05, 4.69) is 15.5 Å². The first-order valence-corrected chi connectivity index (χ1v) is 8.86. The lowest BCUT2D eigenvalue weighted by atomic mass is 9.84. The van der Waals surface area contributed by atoms with Gasteiger partial charge in [0.1, 0.15) is 5.60 Å². The second-order valence-electron chi connectivity index (χ2n) is 8.24. The summed E-state index contributed by atoms with van der Waals surface area (Å²) in [6.45, 7) is 10.3. The number of nitrogens with zero attached hydrogens (tertiary/aromatic N) is 1. The molecule has 0 aromatic heterocycles. The molecule has 1 aliphatic carbocycles. The van der Waals surface area contributed by atoms with Gasteiger partial charge in [-0.1, -0.05) is 0 Å². The van der Waals surface area contributed by atoms with Gasteiger partial charge in [0.15, 0.2) is 0 Å². The van der Waals surface area contributed by atoms with Crippen molar-refractivity contribution in [3.63, 3.8) is 0 Å². The second-order valence-corrected chi connectivity index (χ2v) is 8.24. The van der Waals surface area contributed by atoms with E-state index in [1.54, 1.807) is 0 Å². The third-order valence-corrected chi connectivity index (χ3v) is 5.15. The van der Waals surface area contributed by atoms with Crippen molar-refractivity contribution in [2.45, 2.75) is 64.1 Å². The molecule has 2 bridgehead atoms. The van der Waals surface area contributed by atoms with Crippen LogP contribution in [0.1, 0.15) is 46.5 Å². The molecule has 1 amide bonds. The molecule has 2 unspecified atom stereocenters. The Labute approximate surface area is 134 Å². The van der Waals surface area contributed by atoms with Crippen LogP contribution < -0.4 is 10.6 Å². The molecule has 5 heteroatoms. The lowest BCUT2D eigenvalue weighted by Crippen LogP contribution is -2.58. The van der Waals surface area contributed by atoms with Gasteiger partial charge in [-0.15, -0.1) is 0 Å². The van der Waals surface area contributed by atoms with Gasteiger partial charge in [0, 0.05) is 25.2 Å². The maximum atomic E-state index is 12.0. The van der Waals surface area contributed by atoms with Crippen LogP contribution in [-0.4, -0.2) is 54.9 Å². The van der Waals surface area contributed by atoms with E-state index in [1.807, 2.05) is 20.8 Å². The van der Waals surface area contributed by atoms with Crippen LogP contribution in [0.2, 0.25) is 0 Å². The highest BCUT2D eigenvalue weighted by Gasteiger charge is 2.37. The molecule has 3 aliphatic heterocycles. The number of piperidine rings is 3. The van der Waals surface area contributed by atoms with Crippen molar-refractivity contribution < 1.29 is 9.53 Å². The van der Waals surface area contributed by atoms with E-state index in [4.69, 9.17) is 4.74 Å². The molecular weight excluding hydrogens is 278 g/mol. The minimum absolute atomic E-state index is 0.213. The number of hydrogen-bond acceptors (Lipinski definition) is 4. The first kappa shape index (κ1) is 16.1. The largest absolute Gasteiger partial charge is 0.444 e. The molecule has 2 N–H and O–H groups in total. The Morgan fingerprint density at radius 2 is 1.91 bits per heavy atom. The van der Waals surface area contributed by atoms with Crippen LogP contribution in [-0.2, 0) is 4.74 Å². The Bertz CT molecular complexity index is 395. The molecule has 22 heavy (non-hydrogen) atoms. The highest BCUT2D eigenvalue weighted by molar-refractivity contribution is 5.68. The molecule has 5 nitrogen and oxygen atoms in total. The Morgan fingerprint density at radius 3 is 2.41 bits per heavy atom. The molecule has 4 fully saturated rings. The van der Waals surface area contributed by atoms with Crippen molar-refractivity contribution in [3.05, 3.63) is 0 Å². The van der Waals surface area contributed by atoms with Gasteiger partial charge in [-0.05, 0) is 71.4 Å². The van der Waals surface area contributed by atoms with Gasteiger partial charge in [0.05, 0.1) is 0 Å². The van der Waals surface area contributed by atoms with E-state index in [9.17, 15) is 4.79 Å². The lowest BCUT2D eigenvalue weighted by molar-refractivity contribution is 0.0481. The molecule has 4 aliphatic rings. The van der Waals surface area contributed by atoms with Crippen LogP contribution in [0.25, 0.3) is 0 Å². The first-order chi connectivity index (χ1) is 10.4. The van der Waals surface area contributed by atoms with Gasteiger partial charge >= 0.3 is 6.09 Å². The zero-order valence-electron chi connectivity index (χ0n) is 14.2. The fraction of sp³-hybridized carbons (Fsp3) is 0.941. The quantitative estimate of drug-likeness (QED) is 0.815. The zero-order chi connectivity index (χ0) is 15.7. The summed E-state index contributed by atoms with van der Waals surface area (Å²) in [7, 11) is 0. The maximum Gasteiger partial charge on any atom is 0.407 e. The number of amides is 1. The molecule has 0 aromatic rings. The number of carbonyl (C=O) groups is 1. The summed E-state index contributed by atoms with van der Waals surface area (Å²) in [4.78, 5) is 14.6. The third-order valence-electron chi connectivity index (χ3n) is 5.15. The van der Waals surface area contributed by atoms with Crippen LogP contribution >= 0.6 is 0 Å². The number of hydrogen-bond donors (Lipinski definition) is 2. The minimum Gasteiger partial charge on any atom is -0.444 e. The predicted molar refractivity (Wildman–Crippen MR) is 86.8 cm³/mol. The summed E-state index contributed by atoms with van der Waals surface area (Å²) < 4.78 is 5.40. The fourth-order valence-corrected chi connectivity index (χ4v) is 3.77. The smallest absolute Gasteiger partial charge is 0.407 e. The number of rotatable bonds is 5. The molecule has 0 radical (unpaired) electrons. The first-order valence-electron chi connectivity index (χ1n) is 8.86. The maximum absolute atomic E-state index is 12.0. The van der Waals surface area contributed by atoms with Crippen molar-refractivity contribution >= 4 is 6.09 Å². The molecular formula is C17H31N3O2. The SMILES string of the molecule is CC(C)(C)OC(=O)NC(CNC1CN2CCC1CC2)C1CC1. The number of nitrogens with one attached hydrogen (secondary N) is 2. The third kappa shape index (κ3) is 4.35. The van der Waals surface area contributed by atoms with E-state index in [-0.39, 0.29) is 12.1 Å². The summed E-state index contributed by atoms with van der Waals surface area (Å²) in [6.07, 6.45) is 4.82. The average Bonchev–Trinajstić information content (AvgIpc) is 3.27. The van der Waals surface area contributed by atoms with Crippen molar-refractivity contribution in [3.8, 4) is 0 Å². The van der Waals surface area contributed by atoms with E-state index in [1.165, 1.54) is 45.3 Å². The molecule has 0 aromatic carbocycles. The Kier molecular flexibility index (Phi) is 4.64.